The summed E-state index contributed by atoms with van der Waals surface area (Å²) in [6.07, 6.45) is 0. The molecule has 0 spiro atoms. The second-order valence-corrected chi connectivity index (χ2v) is 4.19. The van der Waals surface area contributed by atoms with Crippen molar-refractivity contribution in [1.82, 2.24) is 4.49 Å². The lowest BCUT2D eigenvalue weighted by Crippen LogP contribution is -2.14. The van der Waals surface area contributed by atoms with Crippen molar-refractivity contribution in [3.63, 3.8) is 0 Å². The molecule has 5 N–H and O–H groups in total. The maximum atomic E-state index is 10.4. The molecular formula is C2H10N3OPS. The van der Waals surface area contributed by atoms with Crippen LogP contribution in [-0.2, 0) is 4.57 Å². The van der Waals surface area contributed by atoms with Crippen LogP contribution in [0.5, 0.6) is 0 Å². The molecule has 0 unspecified atom stereocenters. The molecule has 0 saturated carbocycles. The largest absolute Gasteiger partial charge is 0.282 e. The van der Waals surface area contributed by atoms with E-state index in [1.807, 2.05) is 6.92 Å². The molecule has 0 saturated heterocycles. The molecule has 0 bridgehead atoms. The lowest BCUT2D eigenvalue weighted by atomic mass is 11.0. The van der Waals surface area contributed by atoms with Crippen LogP contribution in [0.1, 0.15) is 6.92 Å². The highest BCUT2D eigenvalue weighted by molar-refractivity contribution is 8.00. The Hall–Kier alpha value is 0.330. The average Bonchev–Trinajstić information content (AvgIpc) is 1.59. The van der Waals surface area contributed by atoms with Crippen LogP contribution in [-0.4, -0.2) is 5.37 Å². The van der Waals surface area contributed by atoms with Crippen LogP contribution in [0, 0.1) is 0 Å². The van der Waals surface area contributed by atoms with Crippen molar-refractivity contribution in [3.8, 4) is 0 Å². The van der Waals surface area contributed by atoms with Crippen molar-refractivity contribution in [2.24, 2.45) is 11.0 Å². The quantitative estimate of drug-likeness (QED) is 0.253. The minimum absolute atomic E-state index is 0.703. The molecule has 0 aromatic heterocycles. The molecule has 0 aliphatic carbocycles. The zero-order chi connectivity index (χ0) is 6.62. The standard InChI is InChI=1S/C2H10N3OPS/c1-2-8-5-7(3,4)6/h2,8H,1H3,(H5,3,4,5,6). The second kappa shape index (κ2) is 3.37. The van der Waals surface area contributed by atoms with E-state index < -0.39 is 7.59 Å². The Kier molecular flexibility index (Phi) is 3.51. The predicted octanol–water partition coefficient (Wildman–Crippen LogP) is -0.196. The fourth-order valence-corrected chi connectivity index (χ4v) is 1.33. The monoisotopic (exact) mass is 155 g/mol. The first-order valence-corrected chi connectivity index (χ1v) is 4.79. The lowest BCUT2D eigenvalue weighted by molar-refractivity contribution is 0.575. The number of hydrogen-bond donors (Lipinski definition) is 4. The lowest BCUT2D eigenvalue weighted by Gasteiger charge is -2.01. The van der Waals surface area contributed by atoms with E-state index >= 15 is 0 Å². The molecular weight excluding hydrogens is 145 g/mol. The summed E-state index contributed by atoms with van der Waals surface area (Å²) >= 11 is 0.703. The van der Waals surface area contributed by atoms with Crippen molar-refractivity contribution in [2.75, 3.05) is 0 Å². The SMILES string of the molecule is CC=[SH]NP(N)(N)=O. The Balaban J connectivity index is 3.57. The summed E-state index contributed by atoms with van der Waals surface area (Å²) < 4.78 is 12.8. The first-order chi connectivity index (χ1) is 3.56. The third kappa shape index (κ3) is 6.33. The fourth-order valence-electron chi connectivity index (χ4n) is 0.148. The van der Waals surface area contributed by atoms with Gasteiger partial charge in [-0.15, -0.1) is 11.5 Å². The first kappa shape index (κ1) is 8.33. The zero-order valence-electron chi connectivity index (χ0n) is 4.53. The van der Waals surface area contributed by atoms with E-state index in [0.717, 1.165) is 0 Å². The summed E-state index contributed by atoms with van der Waals surface area (Å²) in [5.74, 6) is 0. The fraction of sp³-hybridized carbons (Fsp3) is 0.500. The van der Waals surface area contributed by atoms with Gasteiger partial charge in [0.25, 0.3) is 7.59 Å². The summed E-state index contributed by atoms with van der Waals surface area (Å²) in [5.41, 5.74) is 9.83. The van der Waals surface area contributed by atoms with Crippen molar-refractivity contribution < 1.29 is 4.57 Å². The highest BCUT2D eigenvalue weighted by Gasteiger charge is 2.00. The van der Waals surface area contributed by atoms with Crippen molar-refractivity contribution in [3.05, 3.63) is 0 Å². The predicted molar refractivity (Wildman–Crippen MR) is 39.8 cm³/mol. The Morgan fingerprint density at radius 1 is 1.75 bits per heavy atom. The highest BCUT2D eigenvalue weighted by Crippen LogP contribution is 2.18. The molecule has 0 aromatic carbocycles. The van der Waals surface area contributed by atoms with Gasteiger partial charge in [-0.1, -0.05) is 5.37 Å². The molecule has 0 aliphatic rings. The van der Waals surface area contributed by atoms with Gasteiger partial charge in [0.2, 0.25) is 0 Å². The number of rotatable bonds is 2. The molecule has 0 fully saturated rings. The molecule has 8 heavy (non-hydrogen) atoms. The van der Waals surface area contributed by atoms with Crippen molar-refractivity contribution in [1.29, 1.82) is 0 Å². The van der Waals surface area contributed by atoms with Gasteiger partial charge in [-0.25, -0.2) is 0 Å². The normalized spacial score (nSPS) is 13.9. The number of nitrogens with one attached hydrogen (secondary N) is 1. The minimum atomic E-state index is -2.98. The van der Waals surface area contributed by atoms with Gasteiger partial charge in [0, 0.05) is 0 Å². The molecule has 50 valence electrons. The van der Waals surface area contributed by atoms with E-state index in [1.165, 1.54) is 0 Å². The van der Waals surface area contributed by atoms with Crippen molar-refractivity contribution in [2.45, 2.75) is 6.92 Å². The Morgan fingerprint density at radius 3 is 2.38 bits per heavy atom. The summed E-state index contributed by atoms with van der Waals surface area (Å²) in [7, 11) is -2.98. The Labute approximate surface area is 52.3 Å². The van der Waals surface area contributed by atoms with Crippen LogP contribution in [0.25, 0.3) is 0 Å². The molecule has 0 radical (unpaired) electrons. The molecule has 0 aliphatic heterocycles. The van der Waals surface area contributed by atoms with Gasteiger partial charge in [0.1, 0.15) is 0 Å². The molecule has 4 nitrogen and oxygen atoms in total. The smallest absolute Gasteiger partial charge is 0.271 e. The van der Waals surface area contributed by atoms with Crippen LogP contribution < -0.4 is 15.5 Å². The average molecular weight is 155 g/mol. The topological polar surface area (TPSA) is 81.1 Å². The van der Waals surface area contributed by atoms with E-state index in [2.05, 4.69) is 4.49 Å². The third-order valence-corrected chi connectivity index (χ3v) is 2.31. The van der Waals surface area contributed by atoms with Crippen LogP contribution in [0.15, 0.2) is 0 Å². The maximum Gasteiger partial charge on any atom is 0.282 e. The number of hydrogen-bond acceptors (Lipinski definition) is 1. The number of thiol groups is 1. The third-order valence-electron chi connectivity index (χ3n) is 0.343. The summed E-state index contributed by atoms with van der Waals surface area (Å²) in [4.78, 5) is 0. The second-order valence-electron chi connectivity index (χ2n) is 1.20. The van der Waals surface area contributed by atoms with Crippen LogP contribution in [0.4, 0.5) is 0 Å². The summed E-state index contributed by atoms with van der Waals surface area (Å²) in [6, 6.07) is 0. The van der Waals surface area contributed by atoms with Gasteiger partial charge < -0.3 is 0 Å². The van der Waals surface area contributed by atoms with Gasteiger partial charge in [-0.05, 0) is 6.92 Å². The number of nitrogens with two attached hydrogens (primary N) is 2. The summed E-state index contributed by atoms with van der Waals surface area (Å²) in [6.45, 7) is 1.81. The van der Waals surface area contributed by atoms with Gasteiger partial charge in [-0.3, -0.25) is 15.6 Å². The first-order valence-electron chi connectivity index (χ1n) is 1.98. The Bertz CT molecular complexity index is 129. The molecule has 0 aromatic rings. The van der Waals surface area contributed by atoms with E-state index in [0.29, 0.717) is 11.5 Å². The molecule has 6 heteroatoms. The highest BCUT2D eigenvalue weighted by atomic mass is 32.2. The molecule has 0 rings (SSSR count). The van der Waals surface area contributed by atoms with Crippen molar-refractivity contribution >= 4 is 24.5 Å². The van der Waals surface area contributed by atoms with Gasteiger partial charge in [0.15, 0.2) is 0 Å². The van der Waals surface area contributed by atoms with Gasteiger partial charge >= 0.3 is 0 Å². The van der Waals surface area contributed by atoms with Crippen LogP contribution >= 0.6 is 19.1 Å². The maximum absolute atomic E-state index is 10.4. The van der Waals surface area contributed by atoms with E-state index in [1.54, 1.807) is 5.37 Å². The van der Waals surface area contributed by atoms with E-state index in [4.69, 9.17) is 11.0 Å². The summed E-state index contributed by atoms with van der Waals surface area (Å²) in [5, 5.41) is 1.76. The molecule has 0 heterocycles. The molecule has 0 amide bonds. The van der Waals surface area contributed by atoms with Gasteiger partial charge in [0.05, 0.1) is 0 Å². The Morgan fingerprint density at radius 2 is 2.25 bits per heavy atom. The molecule has 0 atom stereocenters. The minimum Gasteiger partial charge on any atom is -0.271 e. The van der Waals surface area contributed by atoms with Crippen LogP contribution in [0.3, 0.4) is 0 Å². The zero-order valence-corrected chi connectivity index (χ0v) is 6.32. The van der Waals surface area contributed by atoms with Gasteiger partial charge in [-0.2, -0.15) is 4.49 Å². The van der Waals surface area contributed by atoms with E-state index in [-0.39, 0.29) is 0 Å². The van der Waals surface area contributed by atoms with E-state index in [9.17, 15) is 4.57 Å². The van der Waals surface area contributed by atoms with Crippen LogP contribution in [0.2, 0.25) is 0 Å².